The van der Waals surface area contributed by atoms with Gasteiger partial charge in [-0.3, -0.25) is 0 Å². The standard InChI is InChI=1S/C39H36/c1-6-29(27-17-20-31-30-14-10-11-15-34(30)38(2,3)36(31)23-27)28-18-21-33-32-19-16-26(25-12-8-7-9-13-25)22-35(32)39(4,5)37(33)24-28/h7-24,29H,6H2,1-5H3. The van der Waals surface area contributed by atoms with Gasteiger partial charge in [-0.25, -0.2) is 0 Å². The highest BCUT2D eigenvalue weighted by Crippen LogP contribution is 2.52. The van der Waals surface area contributed by atoms with E-state index in [-0.39, 0.29) is 10.8 Å². The Morgan fingerprint density at radius 2 is 0.949 bits per heavy atom. The summed E-state index contributed by atoms with van der Waals surface area (Å²) >= 11 is 0. The second-order valence-electron chi connectivity index (χ2n) is 12.5. The molecule has 0 saturated heterocycles. The van der Waals surface area contributed by atoms with Gasteiger partial charge in [-0.2, -0.15) is 0 Å². The van der Waals surface area contributed by atoms with Crippen molar-refractivity contribution in [1.29, 1.82) is 0 Å². The summed E-state index contributed by atoms with van der Waals surface area (Å²) in [6.07, 6.45) is 1.08. The Balaban J connectivity index is 1.29. The van der Waals surface area contributed by atoms with Gasteiger partial charge in [0.1, 0.15) is 0 Å². The fraction of sp³-hybridized carbons (Fsp3) is 0.231. The third kappa shape index (κ3) is 3.51. The lowest BCUT2D eigenvalue weighted by molar-refractivity contribution is 0.653. The van der Waals surface area contributed by atoms with Gasteiger partial charge < -0.3 is 0 Å². The molecule has 1 unspecified atom stereocenters. The van der Waals surface area contributed by atoms with Crippen molar-refractivity contribution >= 4 is 0 Å². The van der Waals surface area contributed by atoms with Crippen molar-refractivity contribution in [2.45, 2.75) is 57.8 Å². The molecule has 0 radical (unpaired) electrons. The number of benzene rings is 5. The van der Waals surface area contributed by atoms with E-state index in [0.717, 1.165) is 6.42 Å². The van der Waals surface area contributed by atoms with Gasteiger partial charge in [0, 0.05) is 16.7 Å². The molecule has 2 aliphatic carbocycles. The minimum atomic E-state index is -0.0364. The molecule has 1 atom stereocenters. The van der Waals surface area contributed by atoms with Crippen LogP contribution >= 0.6 is 0 Å². The molecule has 2 aliphatic rings. The Morgan fingerprint density at radius 3 is 1.56 bits per heavy atom. The van der Waals surface area contributed by atoms with E-state index in [0.29, 0.717) is 5.92 Å². The molecule has 5 aromatic rings. The van der Waals surface area contributed by atoms with Crippen LogP contribution in [0, 0.1) is 0 Å². The third-order valence-corrected chi connectivity index (χ3v) is 9.63. The van der Waals surface area contributed by atoms with Crippen LogP contribution in [0.1, 0.15) is 80.3 Å². The first-order valence-electron chi connectivity index (χ1n) is 14.4. The van der Waals surface area contributed by atoms with Crippen molar-refractivity contribution in [3.05, 3.63) is 143 Å². The molecule has 0 nitrogen and oxygen atoms in total. The molecule has 0 fully saturated rings. The predicted octanol–water partition coefficient (Wildman–Crippen LogP) is 10.5. The Hall–Kier alpha value is -3.90. The maximum absolute atomic E-state index is 2.51. The number of hydrogen-bond donors (Lipinski definition) is 0. The predicted molar refractivity (Wildman–Crippen MR) is 166 cm³/mol. The van der Waals surface area contributed by atoms with Crippen molar-refractivity contribution in [3.63, 3.8) is 0 Å². The highest BCUT2D eigenvalue weighted by atomic mass is 14.4. The van der Waals surface area contributed by atoms with Crippen molar-refractivity contribution < 1.29 is 0 Å². The van der Waals surface area contributed by atoms with Crippen LogP contribution in [0.5, 0.6) is 0 Å². The lowest BCUT2D eigenvalue weighted by Crippen LogP contribution is -2.16. The zero-order chi connectivity index (χ0) is 26.9. The van der Waals surface area contributed by atoms with E-state index in [1.807, 2.05) is 0 Å². The van der Waals surface area contributed by atoms with E-state index in [1.165, 1.54) is 66.8 Å². The molecule has 5 aromatic carbocycles. The highest BCUT2D eigenvalue weighted by Gasteiger charge is 2.37. The minimum absolute atomic E-state index is 0.0261. The monoisotopic (exact) mass is 504 g/mol. The molecule has 0 aliphatic heterocycles. The zero-order valence-corrected chi connectivity index (χ0v) is 23.7. The van der Waals surface area contributed by atoms with Crippen LogP contribution in [0.4, 0.5) is 0 Å². The van der Waals surface area contributed by atoms with E-state index in [2.05, 4.69) is 144 Å². The van der Waals surface area contributed by atoms with Crippen molar-refractivity contribution in [3.8, 4) is 33.4 Å². The number of fused-ring (bicyclic) bond motifs is 6. The second-order valence-corrected chi connectivity index (χ2v) is 12.5. The third-order valence-electron chi connectivity index (χ3n) is 9.63. The summed E-state index contributed by atoms with van der Waals surface area (Å²) in [5.74, 6) is 0.375. The summed E-state index contributed by atoms with van der Waals surface area (Å²) < 4.78 is 0. The Kier molecular flexibility index (Phi) is 5.30. The molecular weight excluding hydrogens is 468 g/mol. The first-order valence-corrected chi connectivity index (χ1v) is 14.4. The first kappa shape index (κ1) is 24.2. The smallest absolute Gasteiger partial charge is 0.0159 e. The lowest BCUT2D eigenvalue weighted by atomic mass is 9.78. The molecule has 0 N–H and O–H groups in total. The van der Waals surface area contributed by atoms with E-state index in [1.54, 1.807) is 0 Å². The van der Waals surface area contributed by atoms with Crippen molar-refractivity contribution in [2.24, 2.45) is 0 Å². The number of rotatable bonds is 4. The highest BCUT2D eigenvalue weighted by molar-refractivity contribution is 5.84. The molecule has 0 amide bonds. The largest absolute Gasteiger partial charge is 0.0645 e. The maximum atomic E-state index is 2.51. The first-order chi connectivity index (χ1) is 18.8. The van der Waals surface area contributed by atoms with E-state index >= 15 is 0 Å². The van der Waals surface area contributed by atoms with Crippen LogP contribution in [0.25, 0.3) is 33.4 Å². The van der Waals surface area contributed by atoms with E-state index in [9.17, 15) is 0 Å². The summed E-state index contributed by atoms with van der Waals surface area (Å²) in [4.78, 5) is 0. The second kappa shape index (κ2) is 8.55. The van der Waals surface area contributed by atoms with Gasteiger partial charge in [0.05, 0.1) is 0 Å². The molecule has 0 bridgehead atoms. The van der Waals surface area contributed by atoms with Crippen LogP contribution in [0.15, 0.2) is 109 Å². The van der Waals surface area contributed by atoms with Crippen LogP contribution in [-0.2, 0) is 10.8 Å². The maximum Gasteiger partial charge on any atom is 0.0159 e. The van der Waals surface area contributed by atoms with Gasteiger partial charge in [-0.1, -0.05) is 138 Å². The Bertz CT molecular complexity index is 1730. The quantitative estimate of drug-likeness (QED) is 0.228. The van der Waals surface area contributed by atoms with Gasteiger partial charge in [-0.05, 0) is 79.2 Å². The summed E-state index contributed by atoms with van der Waals surface area (Å²) in [5.41, 5.74) is 16.8. The van der Waals surface area contributed by atoms with Gasteiger partial charge in [0.15, 0.2) is 0 Å². The van der Waals surface area contributed by atoms with Gasteiger partial charge >= 0.3 is 0 Å². The summed E-state index contributed by atoms with van der Waals surface area (Å²) in [5, 5.41) is 0. The molecule has 0 heterocycles. The number of hydrogen-bond acceptors (Lipinski definition) is 0. The molecule has 0 aromatic heterocycles. The van der Waals surface area contributed by atoms with E-state index in [4.69, 9.17) is 0 Å². The fourth-order valence-electron chi connectivity index (χ4n) is 7.38. The Morgan fingerprint density at radius 1 is 0.462 bits per heavy atom. The lowest BCUT2D eigenvalue weighted by Gasteiger charge is -2.25. The summed E-state index contributed by atoms with van der Waals surface area (Å²) in [6.45, 7) is 11.9. The van der Waals surface area contributed by atoms with Gasteiger partial charge in [0.25, 0.3) is 0 Å². The van der Waals surface area contributed by atoms with Crippen LogP contribution < -0.4 is 0 Å². The fourth-order valence-corrected chi connectivity index (χ4v) is 7.38. The van der Waals surface area contributed by atoms with Crippen LogP contribution in [0.2, 0.25) is 0 Å². The van der Waals surface area contributed by atoms with E-state index < -0.39 is 0 Å². The summed E-state index contributed by atoms with van der Waals surface area (Å²) in [6, 6.07) is 41.2. The molecule has 7 rings (SSSR count). The van der Waals surface area contributed by atoms with Crippen LogP contribution in [0.3, 0.4) is 0 Å². The molecule has 0 heteroatoms. The molecule has 192 valence electrons. The molecule has 0 saturated carbocycles. The minimum Gasteiger partial charge on any atom is -0.0645 e. The SMILES string of the molecule is CCC(c1ccc2c(c1)C(C)(C)c1ccccc1-2)c1ccc2c(c1)C(C)(C)c1cc(-c3ccccc3)ccc1-2. The molecule has 0 spiro atoms. The van der Waals surface area contributed by atoms with Crippen molar-refractivity contribution in [2.75, 3.05) is 0 Å². The molecule has 39 heavy (non-hydrogen) atoms. The average molecular weight is 505 g/mol. The topological polar surface area (TPSA) is 0 Å². The van der Waals surface area contributed by atoms with Gasteiger partial charge in [-0.15, -0.1) is 0 Å². The molecular formula is C39H36. The Labute approximate surface area is 233 Å². The zero-order valence-electron chi connectivity index (χ0n) is 23.7. The van der Waals surface area contributed by atoms with Crippen LogP contribution in [-0.4, -0.2) is 0 Å². The normalized spacial score (nSPS) is 16.2. The summed E-state index contributed by atoms with van der Waals surface area (Å²) in [7, 11) is 0. The average Bonchev–Trinajstić information content (AvgIpc) is 3.33. The van der Waals surface area contributed by atoms with Crippen molar-refractivity contribution in [1.82, 2.24) is 0 Å². The van der Waals surface area contributed by atoms with Gasteiger partial charge in [0.2, 0.25) is 0 Å².